The number of aromatic nitrogens is 6. The van der Waals surface area contributed by atoms with E-state index in [-0.39, 0.29) is 22.5 Å². The normalized spacial score (nSPS) is 12.3. The lowest BCUT2D eigenvalue weighted by Crippen LogP contribution is -2.28. The van der Waals surface area contributed by atoms with Crippen LogP contribution in [0.5, 0.6) is 5.75 Å². The second-order valence-electron chi connectivity index (χ2n) is 6.67. The van der Waals surface area contributed by atoms with Gasteiger partial charge in [0, 0.05) is 37.6 Å². The Balaban J connectivity index is 1.85. The molecule has 32 heavy (non-hydrogen) atoms. The monoisotopic (exact) mass is 469 g/mol. The van der Waals surface area contributed by atoms with Gasteiger partial charge in [0.15, 0.2) is 5.75 Å². The van der Waals surface area contributed by atoms with E-state index in [1.165, 1.54) is 34.2 Å². The summed E-state index contributed by atoms with van der Waals surface area (Å²) in [5.74, 6) is -1.32. The number of hydrogen-bond acceptors (Lipinski definition) is 7. The van der Waals surface area contributed by atoms with Crippen molar-refractivity contribution in [1.82, 2.24) is 28.9 Å². The van der Waals surface area contributed by atoms with Crippen molar-refractivity contribution in [2.24, 2.45) is 14.1 Å². The molecule has 0 saturated carbocycles. The molecule has 0 aliphatic rings. The molecule has 0 aliphatic heterocycles. The van der Waals surface area contributed by atoms with Crippen molar-refractivity contribution in [3.8, 4) is 16.9 Å². The molecule has 15 heteroatoms. The van der Waals surface area contributed by atoms with Crippen LogP contribution < -0.4 is 9.50 Å². The van der Waals surface area contributed by atoms with Gasteiger partial charge in [0.05, 0.1) is 30.6 Å². The van der Waals surface area contributed by atoms with Crippen LogP contribution >= 0.6 is 0 Å². The van der Waals surface area contributed by atoms with Crippen LogP contribution in [0.25, 0.3) is 16.6 Å². The van der Waals surface area contributed by atoms with Crippen LogP contribution in [0.15, 0.2) is 43.4 Å². The van der Waals surface area contributed by atoms with Crippen LogP contribution in [0.1, 0.15) is 10.5 Å². The number of fused-ring (bicyclic) bond motifs is 1. The standard InChI is InChI=1S/C17H14F3N7O4S/c1-25-9-21-6-13(25)16(28)24-12-5-23-27-8-10(11-4-22-26(2)7-11)3-14(15(12)27)31-32(29,30)17(18,19)20/h3-9H,1-2H3,(H,24,28). The zero-order chi connectivity index (χ0) is 23.3. The number of carbonyl (C=O) groups excluding carboxylic acids is 1. The van der Waals surface area contributed by atoms with E-state index >= 15 is 0 Å². The number of rotatable bonds is 5. The molecular weight excluding hydrogens is 455 g/mol. The maximum Gasteiger partial charge on any atom is 0.534 e. The van der Waals surface area contributed by atoms with E-state index in [0.29, 0.717) is 5.56 Å². The zero-order valence-electron chi connectivity index (χ0n) is 16.4. The third-order valence-electron chi connectivity index (χ3n) is 4.40. The Morgan fingerprint density at radius 3 is 2.44 bits per heavy atom. The van der Waals surface area contributed by atoms with E-state index in [1.807, 2.05) is 0 Å². The lowest BCUT2D eigenvalue weighted by atomic mass is 10.1. The van der Waals surface area contributed by atoms with Gasteiger partial charge in [-0.25, -0.2) is 9.50 Å². The topological polar surface area (TPSA) is 125 Å². The van der Waals surface area contributed by atoms with Gasteiger partial charge in [0.25, 0.3) is 5.91 Å². The summed E-state index contributed by atoms with van der Waals surface area (Å²) in [7, 11) is -2.79. The highest BCUT2D eigenvalue weighted by Gasteiger charge is 2.49. The van der Waals surface area contributed by atoms with Crippen molar-refractivity contribution in [2.45, 2.75) is 5.51 Å². The Kier molecular flexibility index (Phi) is 4.92. The molecule has 0 aliphatic carbocycles. The van der Waals surface area contributed by atoms with Crippen LogP contribution in [0.3, 0.4) is 0 Å². The summed E-state index contributed by atoms with van der Waals surface area (Å²) in [6, 6.07) is 1.09. The number of halogens is 3. The lowest BCUT2D eigenvalue weighted by Gasteiger charge is -2.13. The summed E-state index contributed by atoms with van der Waals surface area (Å²) in [6.45, 7) is 0. The van der Waals surface area contributed by atoms with E-state index < -0.39 is 27.3 Å². The van der Waals surface area contributed by atoms with E-state index in [2.05, 4.69) is 24.7 Å². The van der Waals surface area contributed by atoms with Crippen molar-refractivity contribution in [3.63, 3.8) is 0 Å². The van der Waals surface area contributed by atoms with Gasteiger partial charge in [-0.05, 0) is 6.07 Å². The molecule has 1 amide bonds. The molecule has 4 aromatic rings. The number of hydrogen-bond donors (Lipinski definition) is 1. The molecule has 0 radical (unpaired) electrons. The van der Waals surface area contributed by atoms with E-state index in [4.69, 9.17) is 0 Å². The number of imidazole rings is 1. The third-order valence-corrected chi connectivity index (χ3v) is 5.36. The number of nitrogens with zero attached hydrogens (tertiary/aromatic N) is 6. The molecule has 0 spiro atoms. The summed E-state index contributed by atoms with van der Waals surface area (Å²) in [6.07, 6.45) is 8.25. The first-order valence-electron chi connectivity index (χ1n) is 8.75. The lowest BCUT2D eigenvalue weighted by molar-refractivity contribution is -0.0499. The van der Waals surface area contributed by atoms with E-state index in [1.54, 1.807) is 20.3 Å². The second-order valence-corrected chi connectivity index (χ2v) is 8.21. The first-order chi connectivity index (χ1) is 15.0. The van der Waals surface area contributed by atoms with Gasteiger partial charge in [-0.15, -0.1) is 0 Å². The molecule has 4 heterocycles. The van der Waals surface area contributed by atoms with Crippen molar-refractivity contribution in [2.75, 3.05) is 5.32 Å². The Bertz CT molecular complexity index is 1440. The molecule has 1 N–H and O–H groups in total. The van der Waals surface area contributed by atoms with Crippen LogP contribution in [0.4, 0.5) is 18.9 Å². The predicted molar refractivity (Wildman–Crippen MR) is 104 cm³/mol. The van der Waals surface area contributed by atoms with Crippen LogP contribution in [-0.4, -0.2) is 48.8 Å². The van der Waals surface area contributed by atoms with Crippen LogP contribution in [0, 0.1) is 0 Å². The molecular formula is C17H14F3N7O4S. The highest BCUT2D eigenvalue weighted by molar-refractivity contribution is 7.88. The highest BCUT2D eigenvalue weighted by Crippen LogP contribution is 2.36. The van der Waals surface area contributed by atoms with Crippen LogP contribution in [-0.2, 0) is 24.2 Å². The summed E-state index contributed by atoms with van der Waals surface area (Å²) in [5, 5.41) is 10.5. The largest absolute Gasteiger partial charge is 0.534 e. The van der Waals surface area contributed by atoms with Gasteiger partial charge in [0.2, 0.25) is 0 Å². The molecule has 0 bridgehead atoms. The third kappa shape index (κ3) is 3.77. The highest BCUT2D eigenvalue weighted by atomic mass is 32.2. The average molecular weight is 469 g/mol. The van der Waals surface area contributed by atoms with Gasteiger partial charge >= 0.3 is 15.6 Å². The molecule has 0 unspecified atom stereocenters. The number of anilines is 1. The summed E-state index contributed by atoms with van der Waals surface area (Å²) < 4.78 is 70.8. The molecule has 11 nitrogen and oxygen atoms in total. The predicted octanol–water partition coefficient (Wildman–Crippen LogP) is 1.95. The SMILES string of the molecule is Cn1cc(-c2cc(OS(=O)(=O)C(F)(F)F)c3c(NC(=O)c4cncn4C)cnn3c2)cn1. The van der Waals surface area contributed by atoms with Crippen molar-refractivity contribution in [1.29, 1.82) is 0 Å². The fourth-order valence-corrected chi connectivity index (χ4v) is 3.35. The Hall–Kier alpha value is -3.88. The molecule has 0 atom stereocenters. The minimum atomic E-state index is -6.00. The smallest absolute Gasteiger partial charge is 0.374 e. The Morgan fingerprint density at radius 1 is 1.09 bits per heavy atom. The summed E-state index contributed by atoms with van der Waals surface area (Å²) >= 11 is 0. The summed E-state index contributed by atoms with van der Waals surface area (Å²) in [5.41, 5.74) is -5.01. The Labute approximate surface area is 178 Å². The molecule has 4 aromatic heterocycles. The average Bonchev–Trinajstić information content (AvgIpc) is 3.41. The molecule has 0 saturated heterocycles. The van der Waals surface area contributed by atoms with Gasteiger partial charge < -0.3 is 14.1 Å². The second kappa shape index (κ2) is 7.37. The summed E-state index contributed by atoms with van der Waals surface area (Å²) in [4.78, 5) is 16.3. The fourth-order valence-electron chi connectivity index (χ4n) is 2.90. The quantitative estimate of drug-likeness (QED) is 0.350. The fraction of sp³-hybridized carbons (Fsp3) is 0.176. The van der Waals surface area contributed by atoms with Crippen molar-refractivity contribution >= 4 is 27.2 Å². The van der Waals surface area contributed by atoms with Gasteiger partial charge in [0.1, 0.15) is 11.2 Å². The molecule has 4 rings (SSSR count). The van der Waals surface area contributed by atoms with Crippen molar-refractivity contribution in [3.05, 3.63) is 49.1 Å². The van der Waals surface area contributed by atoms with Crippen LogP contribution in [0.2, 0.25) is 0 Å². The van der Waals surface area contributed by atoms with Gasteiger partial charge in [-0.3, -0.25) is 9.48 Å². The number of aryl methyl sites for hydroxylation is 2. The Morgan fingerprint density at radius 2 is 1.84 bits per heavy atom. The maximum atomic E-state index is 13.0. The number of nitrogens with one attached hydrogen (secondary N) is 1. The first kappa shape index (κ1) is 21.4. The minimum absolute atomic E-state index is 0.0682. The van der Waals surface area contributed by atoms with Gasteiger partial charge in [-0.2, -0.15) is 31.8 Å². The zero-order valence-corrected chi connectivity index (χ0v) is 17.2. The minimum Gasteiger partial charge on any atom is -0.374 e. The first-order valence-corrected chi connectivity index (χ1v) is 10.2. The number of alkyl halides is 3. The number of pyridine rings is 1. The number of amides is 1. The van der Waals surface area contributed by atoms with Crippen molar-refractivity contribution < 1.29 is 30.6 Å². The number of carbonyl (C=O) groups is 1. The van der Waals surface area contributed by atoms with Gasteiger partial charge in [-0.1, -0.05) is 0 Å². The molecule has 0 aromatic carbocycles. The molecule has 168 valence electrons. The molecule has 0 fully saturated rings. The maximum absolute atomic E-state index is 13.0. The van der Waals surface area contributed by atoms with E-state index in [0.717, 1.165) is 16.8 Å². The van der Waals surface area contributed by atoms with E-state index in [9.17, 15) is 26.4 Å².